The van der Waals surface area contributed by atoms with Crippen molar-refractivity contribution in [3.8, 4) is 11.8 Å². The van der Waals surface area contributed by atoms with Gasteiger partial charge in [0.15, 0.2) is 5.57 Å². The van der Waals surface area contributed by atoms with Gasteiger partial charge in [0.2, 0.25) is 5.91 Å². The molecule has 21 heavy (non-hydrogen) atoms. The molecule has 1 aromatic carbocycles. The average Bonchev–Trinajstić information content (AvgIpc) is 2.41. The highest BCUT2D eigenvalue weighted by atomic mass is 16.5. The molecule has 1 amide bonds. The lowest BCUT2D eigenvalue weighted by atomic mass is 10.2. The van der Waals surface area contributed by atoms with Crippen LogP contribution in [0, 0.1) is 11.3 Å². The van der Waals surface area contributed by atoms with Gasteiger partial charge in [-0.25, -0.2) is 4.79 Å². The second-order valence-corrected chi connectivity index (χ2v) is 3.94. The summed E-state index contributed by atoms with van der Waals surface area (Å²) >= 11 is 0. The Bertz CT molecular complexity index is 617. The number of carbonyl (C=O) groups is 2. The number of aliphatic carboxylic acids is 1. The molecule has 0 aromatic heterocycles. The summed E-state index contributed by atoms with van der Waals surface area (Å²) in [5.41, 5.74) is 0.540. The standard InChI is InChI=1S/C14H15N3O4/c1-3-21-13-5-4-11(6-12(13)17-9(2)18)16-8-10(7-15)14(19)20/h4-6,8,16H,3H2,1-2H3,(H,17,18)(H,19,20)/b10-8-. The third-order valence-corrected chi connectivity index (χ3v) is 2.32. The normalized spacial score (nSPS) is 10.4. The molecular weight excluding hydrogens is 274 g/mol. The fourth-order valence-corrected chi connectivity index (χ4v) is 1.49. The van der Waals surface area contributed by atoms with E-state index in [1.165, 1.54) is 6.92 Å². The first-order valence-electron chi connectivity index (χ1n) is 6.12. The zero-order valence-corrected chi connectivity index (χ0v) is 11.6. The highest BCUT2D eigenvalue weighted by Crippen LogP contribution is 2.28. The Hall–Kier alpha value is -3.01. The van der Waals surface area contributed by atoms with Crippen molar-refractivity contribution in [3.05, 3.63) is 30.0 Å². The Morgan fingerprint density at radius 1 is 1.48 bits per heavy atom. The van der Waals surface area contributed by atoms with Crippen LogP contribution in [-0.4, -0.2) is 23.6 Å². The van der Waals surface area contributed by atoms with Crippen molar-refractivity contribution in [2.45, 2.75) is 13.8 Å². The van der Waals surface area contributed by atoms with E-state index >= 15 is 0 Å². The van der Waals surface area contributed by atoms with Gasteiger partial charge in [-0.2, -0.15) is 5.26 Å². The van der Waals surface area contributed by atoms with Crippen LogP contribution in [0.4, 0.5) is 11.4 Å². The number of carbonyl (C=O) groups excluding carboxylic acids is 1. The van der Waals surface area contributed by atoms with Crippen LogP contribution >= 0.6 is 0 Å². The van der Waals surface area contributed by atoms with E-state index < -0.39 is 11.5 Å². The molecule has 0 unspecified atom stereocenters. The number of benzene rings is 1. The van der Waals surface area contributed by atoms with Crippen LogP contribution in [0.1, 0.15) is 13.8 Å². The summed E-state index contributed by atoms with van der Waals surface area (Å²) in [6.45, 7) is 3.63. The van der Waals surface area contributed by atoms with Gasteiger partial charge in [-0.15, -0.1) is 0 Å². The van der Waals surface area contributed by atoms with Gasteiger partial charge in [0, 0.05) is 18.8 Å². The van der Waals surface area contributed by atoms with Crippen molar-refractivity contribution in [2.24, 2.45) is 0 Å². The molecule has 0 aliphatic carbocycles. The second-order valence-electron chi connectivity index (χ2n) is 3.94. The lowest BCUT2D eigenvalue weighted by Crippen LogP contribution is -2.08. The number of hydrogen-bond acceptors (Lipinski definition) is 5. The van der Waals surface area contributed by atoms with E-state index in [4.69, 9.17) is 15.1 Å². The number of carboxylic acids is 1. The molecule has 3 N–H and O–H groups in total. The largest absolute Gasteiger partial charge is 0.492 e. The third kappa shape index (κ3) is 4.87. The number of rotatable bonds is 6. The highest BCUT2D eigenvalue weighted by molar-refractivity contribution is 5.92. The smallest absolute Gasteiger partial charge is 0.347 e. The van der Waals surface area contributed by atoms with Crippen LogP contribution in [0.25, 0.3) is 0 Å². The quantitative estimate of drug-likeness (QED) is 0.545. The van der Waals surface area contributed by atoms with Gasteiger partial charge in [0.25, 0.3) is 0 Å². The monoisotopic (exact) mass is 289 g/mol. The first-order chi connectivity index (χ1) is 9.97. The van der Waals surface area contributed by atoms with E-state index in [-0.39, 0.29) is 5.91 Å². The molecule has 0 spiro atoms. The molecule has 1 aromatic rings. The van der Waals surface area contributed by atoms with Crippen LogP contribution < -0.4 is 15.4 Å². The van der Waals surface area contributed by atoms with Gasteiger partial charge >= 0.3 is 5.97 Å². The van der Waals surface area contributed by atoms with Gasteiger partial charge in [-0.3, -0.25) is 4.79 Å². The Balaban J connectivity index is 3.02. The van der Waals surface area contributed by atoms with Crippen LogP contribution in [0.5, 0.6) is 5.75 Å². The van der Waals surface area contributed by atoms with E-state index in [1.807, 2.05) is 6.92 Å². The van der Waals surface area contributed by atoms with Gasteiger partial charge in [-0.1, -0.05) is 0 Å². The number of nitriles is 1. The summed E-state index contributed by atoms with van der Waals surface area (Å²) in [6.07, 6.45) is 1.08. The number of carboxylic acid groups (broad SMARTS) is 1. The lowest BCUT2D eigenvalue weighted by molar-refractivity contribution is -0.132. The number of anilines is 2. The molecule has 0 atom stereocenters. The topological polar surface area (TPSA) is 111 Å². The maximum atomic E-state index is 11.2. The number of ether oxygens (including phenoxy) is 1. The van der Waals surface area contributed by atoms with Crippen molar-refractivity contribution in [1.82, 2.24) is 0 Å². The van der Waals surface area contributed by atoms with Crippen LogP contribution in [0.15, 0.2) is 30.0 Å². The molecule has 1 rings (SSSR count). The molecule has 110 valence electrons. The predicted molar refractivity (Wildman–Crippen MR) is 76.9 cm³/mol. The Morgan fingerprint density at radius 2 is 2.19 bits per heavy atom. The van der Waals surface area contributed by atoms with Gasteiger partial charge < -0.3 is 20.5 Å². The zero-order valence-electron chi connectivity index (χ0n) is 11.6. The summed E-state index contributed by atoms with van der Waals surface area (Å²) in [5.74, 6) is -1.08. The molecule has 0 heterocycles. The molecule has 0 aliphatic rings. The molecule has 0 saturated carbocycles. The maximum absolute atomic E-state index is 11.2. The number of nitrogens with zero attached hydrogens (tertiary/aromatic N) is 1. The lowest BCUT2D eigenvalue weighted by Gasteiger charge is -2.12. The number of hydrogen-bond donors (Lipinski definition) is 3. The third-order valence-electron chi connectivity index (χ3n) is 2.32. The van der Waals surface area contributed by atoms with E-state index in [1.54, 1.807) is 24.3 Å². The Labute approximate surface area is 121 Å². The Morgan fingerprint density at radius 3 is 2.71 bits per heavy atom. The Kier molecular flexibility index (Phi) is 5.77. The molecule has 7 nitrogen and oxygen atoms in total. The minimum absolute atomic E-state index is 0.258. The predicted octanol–water partition coefficient (Wildman–Crippen LogP) is 1.95. The SMILES string of the molecule is CCOc1ccc(N/C=C(/C#N)C(=O)O)cc1NC(C)=O. The first kappa shape index (κ1) is 16.0. The molecule has 0 bridgehead atoms. The van der Waals surface area contributed by atoms with Crippen molar-refractivity contribution < 1.29 is 19.4 Å². The van der Waals surface area contributed by atoms with Crippen molar-refractivity contribution in [3.63, 3.8) is 0 Å². The molecule has 0 fully saturated rings. The van der Waals surface area contributed by atoms with Gasteiger partial charge in [0.1, 0.15) is 11.8 Å². The number of nitrogens with one attached hydrogen (secondary N) is 2. The molecule has 0 radical (unpaired) electrons. The first-order valence-corrected chi connectivity index (χ1v) is 6.12. The van der Waals surface area contributed by atoms with Crippen LogP contribution in [0.2, 0.25) is 0 Å². The molecule has 7 heteroatoms. The summed E-state index contributed by atoms with van der Waals surface area (Å²) < 4.78 is 5.37. The minimum Gasteiger partial charge on any atom is -0.492 e. The summed E-state index contributed by atoms with van der Waals surface area (Å²) in [6, 6.07) is 6.42. The van der Waals surface area contributed by atoms with E-state index in [9.17, 15) is 9.59 Å². The minimum atomic E-state index is -1.32. The molecule has 0 aliphatic heterocycles. The van der Waals surface area contributed by atoms with Crippen molar-refractivity contribution >= 4 is 23.3 Å². The zero-order chi connectivity index (χ0) is 15.8. The summed E-state index contributed by atoms with van der Waals surface area (Å²) in [4.78, 5) is 21.9. The van der Waals surface area contributed by atoms with E-state index in [0.29, 0.717) is 23.7 Å². The second kappa shape index (κ2) is 7.55. The van der Waals surface area contributed by atoms with Crippen molar-refractivity contribution in [1.29, 1.82) is 5.26 Å². The fourth-order valence-electron chi connectivity index (χ4n) is 1.49. The summed E-state index contributed by atoms with van der Waals surface area (Å²) in [7, 11) is 0. The van der Waals surface area contributed by atoms with Crippen LogP contribution in [-0.2, 0) is 9.59 Å². The fraction of sp³-hybridized carbons (Fsp3) is 0.214. The van der Waals surface area contributed by atoms with Gasteiger partial charge in [0.05, 0.1) is 12.3 Å². The van der Waals surface area contributed by atoms with Crippen LogP contribution in [0.3, 0.4) is 0 Å². The summed E-state index contributed by atoms with van der Waals surface area (Å²) in [5, 5.41) is 22.7. The van der Waals surface area contributed by atoms with E-state index in [2.05, 4.69) is 10.6 Å². The average molecular weight is 289 g/mol. The maximum Gasteiger partial charge on any atom is 0.347 e. The molecular formula is C14H15N3O4. The van der Waals surface area contributed by atoms with E-state index in [0.717, 1.165) is 6.20 Å². The molecule has 0 saturated heterocycles. The number of amides is 1. The van der Waals surface area contributed by atoms with Crippen molar-refractivity contribution in [2.75, 3.05) is 17.2 Å². The highest BCUT2D eigenvalue weighted by Gasteiger charge is 2.08. The van der Waals surface area contributed by atoms with Gasteiger partial charge in [-0.05, 0) is 25.1 Å².